The van der Waals surface area contributed by atoms with Gasteiger partial charge in [0.2, 0.25) is 10.0 Å². The molecule has 0 atom stereocenters. The van der Waals surface area contributed by atoms with Crippen molar-refractivity contribution in [3.63, 3.8) is 0 Å². The van der Waals surface area contributed by atoms with Crippen LogP contribution in [0.4, 0.5) is 0 Å². The average molecular weight is 489 g/mol. The van der Waals surface area contributed by atoms with Gasteiger partial charge in [0.25, 0.3) is 0 Å². The normalized spacial score (nSPS) is 10.9. The number of primary sulfonamides is 1. The first-order valence-electron chi connectivity index (χ1n) is 9.15. The Kier molecular flexibility index (Phi) is 7.55. The van der Waals surface area contributed by atoms with E-state index >= 15 is 0 Å². The van der Waals surface area contributed by atoms with Crippen molar-refractivity contribution in [2.45, 2.75) is 4.90 Å². The fraction of sp³-hybridized carbons (Fsp3) is 0.143. The molecule has 0 bridgehead atoms. The molecular weight excluding hydrogens is 468 g/mol. The number of hydroxylamine groups is 2. The van der Waals surface area contributed by atoms with E-state index in [4.69, 9.17) is 22.1 Å². The first-order valence-corrected chi connectivity index (χ1v) is 12.1. The lowest BCUT2D eigenvalue weighted by Crippen LogP contribution is -2.17. The zero-order valence-corrected chi connectivity index (χ0v) is 19.7. The summed E-state index contributed by atoms with van der Waals surface area (Å²) in [6, 6.07) is 15.4. The Balaban J connectivity index is 1.97. The lowest BCUT2D eigenvalue weighted by molar-refractivity contribution is 0.0205. The number of aromatic nitrogens is 2. The van der Waals surface area contributed by atoms with Gasteiger partial charge in [-0.05, 0) is 54.5 Å². The third-order valence-corrected chi connectivity index (χ3v) is 6.60. The molecule has 32 heavy (non-hydrogen) atoms. The Morgan fingerprint density at radius 1 is 1.25 bits per heavy atom. The van der Waals surface area contributed by atoms with Crippen molar-refractivity contribution >= 4 is 38.3 Å². The molecule has 166 valence electrons. The van der Waals surface area contributed by atoms with Crippen LogP contribution in [-0.4, -0.2) is 52.7 Å². The average Bonchev–Trinajstić information content (AvgIpc) is 3.20. The summed E-state index contributed by atoms with van der Waals surface area (Å²) in [6.07, 6.45) is 0. The summed E-state index contributed by atoms with van der Waals surface area (Å²) in [6.45, 7) is 0. The van der Waals surface area contributed by atoms with Crippen molar-refractivity contribution in [1.82, 2.24) is 14.8 Å². The van der Waals surface area contributed by atoms with Gasteiger partial charge in [-0.1, -0.05) is 29.9 Å². The summed E-state index contributed by atoms with van der Waals surface area (Å²) in [7, 11) is -0.748. The van der Waals surface area contributed by atoms with Gasteiger partial charge < -0.3 is 4.74 Å². The zero-order valence-electron chi connectivity index (χ0n) is 17.2. The van der Waals surface area contributed by atoms with Gasteiger partial charge in [-0.2, -0.15) is 5.10 Å². The molecule has 3 aromatic rings. The Labute approximate surface area is 196 Å². The number of nitrogens with zero attached hydrogens (tertiary/aromatic N) is 3. The summed E-state index contributed by atoms with van der Waals surface area (Å²) in [5.74, 6) is 7.08. The van der Waals surface area contributed by atoms with Gasteiger partial charge in [0.05, 0.1) is 29.1 Å². The summed E-state index contributed by atoms with van der Waals surface area (Å²) in [4.78, 5) is 0.0151. The molecule has 1 aromatic heterocycles. The number of hydrogen-bond acceptors (Lipinski definition) is 7. The van der Waals surface area contributed by atoms with Gasteiger partial charge >= 0.3 is 0 Å². The fourth-order valence-corrected chi connectivity index (χ4v) is 3.85. The second kappa shape index (κ2) is 10.2. The van der Waals surface area contributed by atoms with E-state index in [1.165, 1.54) is 30.9 Å². The van der Waals surface area contributed by atoms with Crippen molar-refractivity contribution in [3.8, 4) is 34.5 Å². The predicted octanol–water partition coefficient (Wildman–Crippen LogP) is 2.89. The van der Waals surface area contributed by atoms with Crippen molar-refractivity contribution in [1.29, 1.82) is 0 Å². The van der Waals surface area contributed by atoms with Crippen molar-refractivity contribution in [3.05, 3.63) is 60.3 Å². The van der Waals surface area contributed by atoms with Gasteiger partial charge in [-0.3, -0.25) is 5.21 Å². The van der Waals surface area contributed by atoms with E-state index in [1.54, 1.807) is 23.9 Å². The van der Waals surface area contributed by atoms with Crippen molar-refractivity contribution in [2.75, 3.05) is 19.9 Å². The largest absolute Gasteiger partial charge is 0.497 e. The highest BCUT2D eigenvalue weighted by molar-refractivity contribution is 8.23. The number of sulfonamides is 1. The molecule has 2 aromatic carbocycles. The smallest absolute Gasteiger partial charge is 0.238 e. The molecule has 0 saturated heterocycles. The minimum absolute atomic E-state index is 0.0151. The Hall–Kier alpha value is -2.88. The van der Waals surface area contributed by atoms with Crippen molar-refractivity contribution < 1.29 is 18.4 Å². The van der Waals surface area contributed by atoms with Crippen LogP contribution >= 0.6 is 24.0 Å². The molecule has 0 radical (unpaired) electrons. The van der Waals surface area contributed by atoms with Crippen LogP contribution in [0.2, 0.25) is 0 Å². The number of hydrogen-bond donors (Lipinski definition) is 2. The standard InChI is InChI=1S/C21H20N4O4S3/c1-24(26)21(30)31-13-3-4-16-14-20(15-5-9-18(29-2)10-6-15)25(23-16)17-7-11-19(12-8-17)32(22,27)28/h5-12,14,26H,13H2,1-2H3,(H2,22,27,28). The molecule has 0 fully saturated rings. The maximum Gasteiger partial charge on any atom is 0.238 e. The van der Waals surface area contributed by atoms with E-state index in [-0.39, 0.29) is 4.90 Å². The zero-order chi connectivity index (χ0) is 23.3. The minimum Gasteiger partial charge on any atom is -0.497 e. The van der Waals surface area contributed by atoms with E-state index in [0.29, 0.717) is 21.5 Å². The van der Waals surface area contributed by atoms with Crippen LogP contribution in [0.3, 0.4) is 0 Å². The molecule has 0 aliphatic rings. The summed E-state index contributed by atoms with van der Waals surface area (Å²) < 4.78 is 30.4. The van der Waals surface area contributed by atoms with Gasteiger partial charge in [-0.25, -0.2) is 23.3 Å². The maximum atomic E-state index is 11.6. The quantitative estimate of drug-likeness (QED) is 0.320. The van der Waals surface area contributed by atoms with Gasteiger partial charge in [0.1, 0.15) is 11.4 Å². The molecule has 0 saturated carbocycles. The third-order valence-electron chi connectivity index (χ3n) is 4.25. The van der Waals surface area contributed by atoms with Crippen LogP contribution in [0.1, 0.15) is 5.69 Å². The third kappa shape index (κ3) is 5.87. The topological polar surface area (TPSA) is 111 Å². The second-order valence-corrected chi connectivity index (χ2v) is 9.64. The van der Waals surface area contributed by atoms with Gasteiger partial charge in [-0.15, -0.1) is 0 Å². The number of methoxy groups -OCH3 is 1. The van der Waals surface area contributed by atoms with E-state index < -0.39 is 10.0 Å². The highest BCUT2D eigenvalue weighted by Crippen LogP contribution is 2.26. The number of benzene rings is 2. The van der Waals surface area contributed by atoms with E-state index in [0.717, 1.165) is 22.1 Å². The van der Waals surface area contributed by atoms with Gasteiger partial charge in [0, 0.05) is 18.7 Å². The Morgan fingerprint density at radius 2 is 1.91 bits per heavy atom. The minimum atomic E-state index is -3.79. The molecule has 1 heterocycles. The fourth-order valence-electron chi connectivity index (χ4n) is 2.70. The highest BCUT2D eigenvalue weighted by atomic mass is 32.2. The molecule has 0 aliphatic heterocycles. The number of nitrogens with two attached hydrogens (primary N) is 1. The maximum absolute atomic E-state index is 11.6. The second-order valence-electron chi connectivity index (χ2n) is 6.47. The first kappa shape index (κ1) is 23.8. The van der Waals surface area contributed by atoms with E-state index in [2.05, 4.69) is 16.9 Å². The van der Waals surface area contributed by atoms with Crippen LogP contribution in [0.5, 0.6) is 5.75 Å². The Morgan fingerprint density at radius 3 is 2.47 bits per heavy atom. The molecule has 0 unspecified atom stereocenters. The molecule has 3 N–H and O–H groups in total. The number of ether oxygens (including phenoxy) is 1. The lowest BCUT2D eigenvalue weighted by Gasteiger charge is -2.09. The first-order chi connectivity index (χ1) is 15.2. The van der Waals surface area contributed by atoms with Crippen LogP contribution in [0.25, 0.3) is 16.9 Å². The van der Waals surface area contributed by atoms with Crippen LogP contribution in [0, 0.1) is 11.8 Å². The SMILES string of the molecule is COc1ccc(-c2cc(C#CCSC(=S)N(C)O)nn2-c2ccc(S(N)(=O)=O)cc2)cc1. The molecule has 11 heteroatoms. The molecule has 0 amide bonds. The molecule has 0 spiro atoms. The number of thiocarbonyl (C=S) groups is 1. The van der Waals surface area contributed by atoms with E-state index in [9.17, 15) is 13.6 Å². The molecule has 0 aliphatic carbocycles. The van der Waals surface area contributed by atoms with Crippen molar-refractivity contribution in [2.24, 2.45) is 5.14 Å². The highest BCUT2D eigenvalue weighted by Gasteiger charge is 2.13. The number of rotatable bonds is 5. The number of thioether (sulfide) groups is 1. The molecule has 8 nitrogen and oxygen atoms in total. The predicted molar refractivity (Wildman–Crippen MR) is 128 cm³/mol. The molecule has 3 rings (SSSR count). The molecular formula is C21H20N4O4S3. The Bertz CT molecular complexity index is 1270. The summed E-state index contributed by atoms with van der Waals surface area (Å²) in [5, 5.41) is 19.9. The van der Waals surface area contributed by atoms with E-state index in [1.807, 2.05) is 30.3 Å². The lowest BCUT2D eigenvalue weighted by atomic mass is 10.1. The summed E-state index contributed by atoms with van der Waals surface area (Å²) >= 11 is 6.24. The summed E-state index contributed by atoms with van der Waals surface area (Å²) in [5.41, 5.74) is 2.81. The van der Waals surface area contributed by atoms with Crippen LogP contribution in [-0.2, 0) is 10.0 Å². The van der Waals surface area contributed by atoms with Gasteiger partial charge in [0.15, 0.2) is 4.32 Å². The van der Waals surface area contributed by atoms with Crippen LogP contribution in [0.15, 0.2) is 59.5 Å². The van der Waals surface area contributed by atoms with Crippen LogP contribution < -0.4 is 9.88 Å². The monoisotopic (exact) mass is 488 g/mol.